The van der Waals surface area contributed by atoms with Gasteiger partial charge in [0.2, 0.25) is 0 Å². The average Bonchev–Trinajstić information content (AvgIpc) is 2.66. The lowest BCUT2D eigenvalue weighted by molar-refractivity contribution is 0.110. The molecular formula is C11H6Cl2O2. The van der Waals surface area contributed by atoms with E-state index in [1.807, 2.05) is 0 Å². The summed E-state index contributed by atoms with van der Waals surface area (Å²) in [5.41, 5.74) is 0.717. The van der Waals surface area contributed by atoms with Crippen LogP contribution in [-0.2, 0) is 0 Å². The molecule has 4 heteroatoms. The van der Waals surface area contributed by atoms with Crippen LogP contribution in [0.25, 0.3) is 11.3 Å². The van der Waals surface area contributed by atoms with Crippen LogP contribution in [0.1, 0.15) is 10.6 Å². The van der Waals surface area contributed by atoms with Crippen LogP contribution in [0, 0.1) is 0 Å². The fourth-order valence-electron chi connectivity index (χ4n) is 1.25. The molecule has 1 aromatic carbocycles. The number of aldehydes is 1. The van der Waals surface area contributed by atoms with Gasteiger partial charge in [-0.05, 0) is 30.3 Å². The minimum Gasteiger partial charge on any atom is -0.453 e. The highest BCUT2D eigenvalue weighted by molar-refractivity contribution is 6.36. The summed E-state index contributed by atoms with van der Waals surface area (Å²) >= 11 is 11.7. The van der Waals surface area contributed by atoms with Gasteiger partial charge in [0.25, 0.3) is 0 Å². The molecule has 0 aliphatic rings. The fraction of sp³-hybridized carbons (Fsp3) is 0. The van der Waals surface area contributed by atoms with Gasteiger partial charge in [-0.25, -0.2) is 0 Å². The first-order valence-corrected chi connectivity index (χ1v) is 4.97. The molecular weight excluding hydrogens is 235 g/mol. The Morgan fingerprint density at radius 1 is 1.13 bits per heavy atom. The molecule has 0 saturated carbocycles. The number of benzene rings is 1. The zero-order valence-electron chi connectivity index (χ0n) is 7.54. The number of furan rings is 1. The van der Waals surface area contributed by atoms with Crippen molar-refractivity contribution in [1.29, 1.82) is 0 Å². The summed E-state index contributed by atoms with van der Waals surface area (Å²) in [5, 5.41) is 1.06. The molecule has 1 heterocycles. The largest absolute Gasteiger partial charge is 0.453 e. The second-order valence-electron chi connectivity index (χ2n) is 2.94. The third-order valence-corrected chi connectivity index (χ3v) is 2.49. The molecule has 0 fully saturated rings. The summed E-state index contributed by atoms with van der Waals surface area (Å²) in [6, 6.07) is 8.37. The Bertz CT molecular complexity index is 503. The lowest BCUT2D eigenvalue weighted by Crippen LogP contribution is -1.76. The van der Waals surface area contributed by atoms with E-state index in [1.165, 1.54) is 0 Å². The normalized spacial score (nSPS) is 10.3. The molecule has 0 aliphatic heterocycles. The van der Waals surface area contributed by atoms with Crippen LogP contribution in [0.15, 0.2) is 34.7 Å². The zero-order valence-corrected chi connectivity index (χ0v) is 9.05. The van der Waals surface area contributed by atoms with Crippen molar-refractivity contribution in [3.05, 3.63) is 46.1 Å². The maximum atomic E-state index is 10.4. The fourth-order valence-corrected chi connectivity index (χ4v) is 1.75. The van der Waals surface area contributed by atoms with Crippen LogP contribution < -0.4 is 0 Å². The first kappa shape index (κ1) is 10.3. The van der Waals surface area contributed by atoms with E-state index in [-0.39, 0.29) is 5.76 Å². The van der Waals surface area contributed by atoms with Crippen LogP contribution in [0.2, 0.25) is 10.0 Å². The third kappa shape index (κ3) is 2.06. The van der Waals surface area contributed by atoms with E-state index in [1.54, 1.807) is 30.3 Å². The van der Waals surface area contributed by atoms with Crippen molar-refractivity contribution >= 4 is 29.5 Å². The van der Waals surface area contributed by atoms with Crippen molar-refractivity contribution < 1.29 is 9.21 Å². The average molecular weight is 241 g/mol. The highest BCUT2D eigenvalue weighted by atomic mass is 35.5. The van der Waals surface area contributed by atoms with Crippen LogP contribution in [0.4, 0.5) is 0 Å². The lowest BCUT2D eigenvalue weighted by atomic mass is 10.2. The standard InChI is InChI=1S/C11H6Cl2O2/c12-7-1-3-9(10(13)5-7)11-4-2-8(6-14)15-11/h1-6H. The Morgan fingerprint density at radius 2 is 1.93 bits per heavy atom. The van der Waals surface area contributed by atoms with Crippen LogP contribution in [0.5, 0.6) is 0 Å². The van der Waals surface area contributed by atoms with E-state index in [0.29, 0.717) is 27.7 Å². The Kier molecular flexibility index (Phi) is 2.80. The monoisotopic (exact) mass is 240 g/mol. The van der Waals surface area contributed by atoms with Crippen LogP contribution in [-0.4, -0.2) is 6.29 Å². The van der Waals surface area contributed by atoms with E-state index >= 15 is 0 Å². The Labute approximate surface area is 96.4 Å². The van der Waals surface area contributed by atoms with Gasteiger partial charge in [0.1, 0.15) is 5.76 Å². The minimum atomic E-state index is 0.274. The van der Waals surface area contributed by atoms with Gasteiger partial charge >= 0.3 is 0 Å². The molecule has 2 aromatic rings. The zero-order chi connectivity index (χ0) is 10.8. The second-order valence-corrected chi connectivity index (χ2v) is 3.79. The highest BCUT2D eigenvalue weighted by Crippen LogP contribution is 2.31. The Hall–Kier alpha value is -1.25. The molecule has 0 aliphatic carbocycles. The van der Waals surface area contributed by atoms with Crippen molar-refractivity contribution in [2.24, 2.45) is 0 Å². The molecule has 0 spiro atoms. The Morgan fingerprint density at radius 3 is 2.53 bits per heavy atom. The molecule has 2 nitrogen and oxygen atoms in total. The molecule has 0 bridgehead atoms. The maximum Gasteiger partial charge on any atom is 0.185 e. The molecule has 0 amide bonds. The molecule has 0 radical (unpaired) electrons. The second kappa shape index (κ2) is 4.09. The van der Waals surface area contributed by atoms with E-state index in [2.05, 4.69) is 0 Å². The first-order valence-electron chi connectivity index (χ1n) is 4.21. The molecule has 0 saturated heterocycles. The number of halogens is 2. The molecule has 0 N–H and O–H groups in total. The van der Waals surface area contributed by atoms with Gasteiger partial charge < -0.3 is 4.42 Å². The van der Waals surface area contributed by atoms with Crippen LogP contribution >= 0.6 is 23.2 Å². The van der Waals surface area contributed by atoms with Gasteiger partial charge in [0, 0.05) is 10.6 Å². The molecule has 0 atom stereocenters. The van der Waals surface area contributed by atoms with Crippen molar-refractivity contribution in [2.75, 3.05) is 0 Å². The van der Waals surface area contributed by atoms with Crippen molar-refractivity contribution in [1.82, 2.24) is 0 Å². The molecule has 76 valence electrons. The number of hydrogen-bond donors (Lipinski definition) is 0. The van der Waals surface area contributed by atoms with E-state index in [4.69, 9.17) is 27.6 Å². The Balaban J connectivity index is 2.49. The summed E-state index contributed by atoms with van der Waals surface area (Å²) in [5.74, 6) is 0.829. The van der Waals surface area contributed by atoms with Gasteiger partial charge in [-0.1, -0.05) is 23.2 Å². The molecule has 1 aromatic heterocycles. The van der Waals surface area contributed by atoms with Gasteiger partial charge in [0.15, 0.2) is 12.0 Å². The molecule has 0 unspecified atom stereocenters. The molecule has 2 rings (SSSR count). The number of carbonyl (C=O) groups excluding carboxylic acids is 1. The lowest BCUT2D eigenvalue weighted by Gasteiger charge is -2.00. The predicted molar refractivity (Wildman–Crippen MR) is 59.6 cm³/mol. The van der Waals surface area contributed by atoms with Gasteiger partial charge in [-0.2, -0.15) is 0 Å². The summed E-state index contributed by atoms with van der Waals surface area (Å²) < 4.78 is 5.24. The summed E-state index contributed by atoms with van der Waals surface area (Å²) in [7, 11) is 0. The topological polar surface area (TPSA) is 30.2 Å². The van der Waals surface area contributed by atoms with Gasteiger partial charge in [-0.15, -0.1) is 0 Å². The van der Waals surface area contributed by atoms with E-state index in [9.17, 15) is 4.79 Å². The number of rotatable bonds is 2. The number of hydrogen-bond acceptors (Lipinski definition) is 2. The van der Waals surface area contributed by atoms with Crippen LogP contribution in [0.3, 0.4) is 0 Å². The maximum absolute atomic E-state index is 10.4. The van der Waals surface area contributed by atoms with Crippen molar-refractivity contribution in [3.63, 3.8) is 0 Å². The summed E-state index contributed by atoms with van der Waals surface area (Å²) in [6.45, 7) is 0. The van der Waals surface area contributed by atoms with Gasteiger partial charge in [-0.3, -0.25) is 4.79 Å². The van der Waals surface area contributed by atoms with Gasteiger partial charge in [0.05, 0.1) is 5.02 Å². The third-order valence-electron chi connectivity index (χ3n) is 1.94. The number of carbonyl (C=O) groups is 1. The predicted octanol–water partition coefficient (Wildman–Crippen LogP) is 4.07. The smallest absolute Gasteiger partial charge is 0.185 e. The highest BCUT2D eigenvalue weighted by Gasteiger charge is 2.08. The first-order chi connectivity index (χ1) is 7.20. The summed E-state index contributed by atoms with van der Waals surface area (Å²) in [4.78, 5) is 10.4. The quantitative estimate of drug-likeness (QED) is 0.742. The van der Waals surface area contributed by atoms with E-state index < -0.39 is 0 Å². The summed E-state index contributed by atoms with van der Waals surface area (Å²) in [6.07, 6.45) is 0.646. The SMILES string of the molecule is O=Cc1ccc(-c2ccc(Cl)cc2Cl)o1. The van der Waals surface area contributed by atoms with Crippen molar-refractivity contribution in [3.8, 4) is 11.3 Å². The van der Waals surface area contributed by atoms with E-state index in [0.717, 1.165) is 0 Å². The molecule has 15 heavy (non-hydrogen) atoms. The minimum absolute atomic E-state index is 0.274. The van der Waals surface area contributed by atoms with Crippen molar-refractivity contribution in [2.45, 2.75) is 0 Å².